The Bertz CT molecular complexity index is 677. The molecular weight excluding hydrogens is 292 g/mol. The Hall–Kier alpha value is -2.33. The SMILES string of the molecule is COc1ccc(C(=O)C(=O)c2ccc(Cl)cc2)cc1OC. The number of halogens is 1. The molecule has 2 aromatic rings. The van der Waals surface area contributed by atoms with Crippen molar-refractivity contribution in [1.29, 1.82) is 0 Å². The van der Waals surface area contributed by atoms with Crippen LogP contribution in [-0.4, -0.2) is 25.8 Å². The molecule has 0 aliphatic carbocycles. The second-order valence-electron chi connectivity index (χ2n) is 4.23. The quantitative estimate of drug-likeness (QED) is 0.627. The minimum Gasteiger partial charge on any atom is -0.493 e. The van der Waals surface area contributed by atoms with Crippen LogP contribution in [0, 0.1) is 0 Å². The van der Waals surface area contributed by atoms with E-state index in [9.17, 15) is 9.59 Å². The second-order valence-corrected chi connectivity index (χ2v) is 4.67. The zero-order chi connectivity index (χ0) is 15.4. The fourth-order valence-electron chi connectivity index (χ4n) is 1.84. The van der Waals surface area contributed by atoms with Gasteiger partial charge in [-0.05, 0) is 42.5 Å². The molecule has 0 bridgehead atoms. The zero-order valence-electron chi connectivity index (χ0n) is 11.6. The van der Waals surface area contributed by atoms with E-state index in [0.29, 0.717) is 22.1 Å². The van der Waals surface area contributed by atoms with Crippen LogP contribution in [0.2, 0.25) is 5.02 Å². The van der Waals surface area contributed by atoms with Gasteiger partial charge < -0.3 is 9.47 Å². The molecule has 108 valence electrons. The van der Waals surface area contributed by atoms with Gasteiger partial charge in [-0.1, -0.05) is 11.6 Å². The van der Waals surface area contributed by atoms with Gasteiger partial charge in [-0.15, -0.1) is 0 Å². The average molecular weight is 305 g/mol. The van der Waals surface area contributed by atoms with Crippen LogP contribution in [-0.2, 0) is 0 Å². The largest absolute Gasteiger partial charge is 0.493 e. The van der Waals surface area contributed by atoms with Crippen LogP contribution in [0.3, 0.4) is 0 Å². The van der Waals surface area contributed by atoms with E-state index in [0.717, 1.165) is 0 Å². The van der Waals surface area contributed by atoms with Gasteiger partial charge in [-0.2, -0.15) is 0 Å². The zero-order valence-corrected chi connectivity index (χ0v) is 12.3. The fourth-order valence-corrected chi connectivity index (χ4v) is 1.97. The molecule has 0 aliphatic heterocycles. The number of hydrogen-bond acceptors (Lipinski definition) is 4. The first-order valence-corrected chi connectivity index (χ1v) is 6.51. The molecular formula is C16H13ClO4. The lowest BCUT2D eigenvalue weighted by Crippen LogP contribution is -2.14. The molecule has 0 N–H and O–H groups in total. The molecule has 0 unspecified atom stereocenters. The summed E-state index contributed by atoms with van der Waals surface area (Å²) in [6.07, 6.45) is 0. The maximum atomic E-state index is 12.2. The van der Waals surface area contributed by atoms with Gasteiger partial charge in [0.2, 0.25) is 11.6 Å². The molecule has 5 heteroatoms. The van der Waals surface area contributed by atoms with Crippen molar-refractivity contribution in [2.24, 2.45) is 0 Å². The van der Waals surface area contributed by atoms with Crippen LogP contribution in [0.1, 0.15) is 20.7 Å². The van der Waals surface area contributed by atoms with Crippen molar-refractivity contribution in [2.45, 2.75) is 0 Å². The Morgan fingerprint density at radius 2 is 1.33 bits per heavy atom. The number of hydrogen-bond donors (Lipinski definition) is 0. The van der Waals surface area contributed by atoms with E-state index < -0.39 is 11.6 Å². The van der Waals surface area contributed by atoms with Crippen molar-refractivity contribution in [3.63, 3.8) is 0 Å². The van der Waals surface area contributed by atoms with Gasteiger partial charge in [0.25, 0.3) is 0 Å². The number of methoxy groups -OCH3 is 2. The molecule has 0 saturated heterocycles. The fraction of sp³-hybridized carbons (Fsp3) is 0.125. The minimum atomic E-state index is -0.613. The highest BCUT2D eigenvalue weighted by molar-refractivity contribution is 6.49. The third-order valence-electron chi connectivity index (χ3n) is 2.96. The number of ether oxygens (including phenoxy) is 2. The Morgan fingerprint density at radius 3 is 1.90 bits per heavy atom. The lowest BCUT2D eigenvalue weighted by Gasteiger charge is -2.08. The van der Waals surface area contributed by atoms with Crippen molar-refractivity contribution in [3.05, 3.63) is 58.6 Å². The number of Topliss-reactive ketones (excluding diaryl/α,β-unsaturated/α-hetero) is 2. The minimum absolute atomic E-state index is 0.243. The van der Waals surface area contributed by atoms with Crippen LogP contribution in [0.25, 0.3) is 0 Å². The summed E-state index contributed by atoms with van der Waals surface area (Å²) in [5, 5.41) is 0.505. The van der Waals surface area contributed by atoms with Gasteiger partial charge in [-0.3, -0.25) is 9.59 Å². The Kier molecular flexibility index (Phi) is 4.60. The normalized spacial score (nSPS) is 10.0. The van der Waals surface area contributed by atoms with Gasteiger partial charge in [-0.25, -0.2) is 0 Å². The first kappa shape index (κ1) is 15.1. The van der Waals surface area contributed by atoms with E-state index in [-0.39, 0.29) is 5.56 Å². The van der Waals surface area contributed by atoms with Gasteiger partial charge in [0.15, 0.2) is 11.5 Å². The van der Waals surface area contributed by atoms with E-state index in [1.54, 1.807) is 18.2 Å². The first-order chi connectivity index (χ1) is 10.1. The maximum Gasteiger partial charge on any atom is 0.233 e. The van der Waals surface area contributed by atoms with E-state index >= 15 is 0 Å². The number of ketones is 2. The van der Waals surface area contributed by atoms with E-state index in [1.807, 2.05) is 0 Å². The lowest BCUT2D eigenvalue weighted by molar-refractivity contribution is 0.0816. The summed E-state index contributed by atoms with van der Waals surface area (Å²) in [6.45, 7) is 0. The molecule has 2 aromatic carbocycles. The highest BCUT2D eigenvalue weighted by atomic mass is 35.5. The highest BCUT2D eigenvalue weighted by Crippen LogP contribution is 2.28. The molecule has 0 saturated carbocycles. The molecule has 21 heavy (non-hydrogen) atoms. The summed E-state index contributed by atoms with van der Waals surface area (Å²) < 4.78 is 10.2. The van der Waals surface area contributed by atoms with Crippen molar-refractivity contribution >= 4 is 23.2 Å². The maximum absolute atomic E-state index is 12.2. The molecule has 0 fully saturated rings. The van der Waals surface area contributed by atoms with Crippen LogP contribution < -0.4 is 9.47 Å². The number of carbonyl (C=O) groups excluding carboxylic acids is 2. The molecule has 4 nitrogen and oxygen atoms in total. The molecule has 0 aliphatic rings. The number of carbonyl (C=O) groups is 2. The topological polar surface area (TPSA) is 52.6 Å². The average Bonchev–Trinajstić information content (AvgIpc) is 2.53. The summed E-state index contributed by atoms with van der Waals surface area (Å²) in [6, 6.07) is 10.8. The summed E-state index contributed by atoms with van der Waals surface area (Å²) in [4.78, 5) is 24.4. The molecule has 2 rings (SSSR count). The van der Waals surface area contributed by atoms with E-state index in [1.165, 1.54) is 38.5 Å². The summed E-state index contributed by atoms with van der Waals surface area (Å²) in [5.74, 6) is -0.322. The van der Waals surface area contributed by atoms with Crippen LogP contribution in [0.15, 0.2) is 42.5 Å². The Balaban J connectivity index is 2.31. The van der Waals surface area contributed by atoms with Crippen molar-refractivity contribution in [1.82, 2.24) is 0 Å². The van der Waals surface area contributed by atoms with E-state index in [2.05, 4.69) is 0 Å². The molecule has 0 heterocycles. The standard InChI is InChI=1S/C16H13ClO4/c1-20-13-8-5-11(9-14(13)21-2)16(19)15(18)10-3-6-12(17)7-4-10/h3-9H,1-2H3. The highest BCUT2D eigenvalue weighted by Gasteiger charge is 2.19. The predicted molar refractivity (Wildman–Crippen MR) is 79.7 cm³/mol. The van der Waals surface area contributed by atoms with E-state index in [4.69, 9.17) is 21.1 Å². The molecule has 0 radical (unpaired) electrons. The first-order valence-electron chi connectivity index (χ1n) is 6.13. The van der Waals surface area contributed by atoms with Gasteiger partial charge in [0, 0.05) is 16.1 Å². The third-order valence-corrected chi connectivity index (χ3v) is 3.21. The van der Waals surface area contributed by atoms with Crippen LogP contribution in [0.4, 0.5) is 0 Å². The molecule has 0 aromatic heterocycles. The molecule has 0 amide bonds. The van der Waals surface area contributed by atoms with Gasteiger partial charge in [0.05, 0.1) is 14.2 Å². The smallest absolute Gasteiger partial charge is 0.233 e. The Labute approximate surface area is 127 Å². The summed E-state index contributed by atoms with van der Waals surface area (Å²) >= 11 is 5.76. The van der Waals surface area contributed by atoms with Crippen molar-refractivity contribution in [2.75, 3.05) is 14.2 Å². The summed E-state index contributed by atoms with van der Waals surface area (Å²) in [7, 11) is 2.96. The van der Waals surface area contributed by atoms with Crippen LogP contribution in [0.5, 0.6) is 11.5 Å². The lowest BCUT2D eigenvalue weighted by atomic mass is 10.0. The second kappa shape index (κ2) is 6.41. The van der Waals surface area contributed by atoms with Gasteiger partial charge >= 0.3 is 0 Å². The van der Waals surface area contributed by atoms with Gasteiger partial charge in [0.1, 0.15) is 0 Å². The monoisotopic (exact) mass is 304 g/mol. The number of benzene rings is 2. The predicted octanol–water partition coefficient (Wildman–Crippen LogP) is 3.42. The molecule has 0 spiro atoms. The molecule has 0 atom stereocenters. The summed E-state index contributed by atoms with van der Waals surface area (Å²) in [5.41, 5.74) is 0.534. The number of rotatable bonds is 5. The Morgan fingerprint density at radius 1 is 0.810 bits per heavy atom. The van der Waals surface area contributed by atoms with Crippen LogP contribution >= 0.6 is 11.6 Å². The third kappa shape index (κ3) is 3.23. The van der Waals surface area contributed by atoms with Crippen molar-refractivity contribution in [3.8, 4) is 11.5 Å². The van der Waals surface area contributed by atoms with Crippen molar-refractivity contribution < 1.29 is 19.1 Å².